The summed E-state index contributed by atoms with van der Waals surface area (Å²) in [5.74, 6) is 1.53. The van der Waals surface area contributed by atoms with E-state index in [9.17, 15) is 0 Å². The summed E-state index contributed by atoms with van der Waals surface area (Å²) in [6.07, 6.45) is 14.5. The van der Waals surface area contributed by atoms with Crippen LogP contribution in [-0.2, 0) is 4.74 Å². The third-order valence-corrected chi connectivity index (χ3v) is 5.94. The van der Waals surface area contributed by atoms with Crippen molar-refractivity contribution < 1.29 is 4.74 Å². The summed E-state index contributed by atoms with van der Waals surface area (Å²) >= 11 is 0. The van der Waals surface area contributed by atoms with Crippen molar-refractivity contribution in [2.45, 2.75) is 96.1 Å². The molecule has 0 amide bonds. The molecule has 0 bridgehead atoms. The minimum Gasteiger partial charge on any atom is -0.374 e. The number of nitrogens with two attached hydrogens (primary N) is 1. The molecule has 0 aliphatic heterocycles. The van der Waals surface area contributed by atoms with Crippen molar-refractivity contribution in [3.8, 4) is 0 Å². The zero-order valence-corrected chi connectivity index (χ0v) is 13.7. The Kier molecular flexibility index (Phi) is 6.35. The zero-order chi connectivity index (χ0) is 14.4. The number of hydrogen-bond donors (Lipinski definition) is 1. The van der Waals surface area contributed by atoms with Crippen LogP contribution < -0.4 is 5.73 Å². The molecule has 2 N–H and O–H groups in total. The van der Waals surface area contributed by atoms with Gasteiger partial charge in [-0.1, -0.05) is 58.3 Å². The lowest BCUT2D eigenvalue weighted by Gasteiger charge is -2.46. The first kappa shape index (κ1) is 16.3. The Hall–Kier alpha value is -0.0800. The molecule has 118 valence electrons. The van der Waals surface area contributed by atoms with E-state index in [4.69, 9.17) is 10.5 Å². The molecule has 3 unspecified atom stereocenters. The van der Waals surface area contributed by atoms with Crippen molar-refractivity contribution in [1.82, 2.24) is 0 Å². The van der Waals surface area contributed by atoms with Gasteiger partial charge in [-0.05, 0) is 38.0 Å². The maximum absolute atomic E-state index is 6.85. The summed E-state index contributed by atoms with van der Waals surface area (Å²) in [5, 5.41) is 0. The second kappa shape index (κ2) is 7.79. The largest absolute Gasteiger partial charge is 0.374 e. The Bertz CT molecular complexity index is 271. The summed E-state index contributed by atoms with van der Waals surface area (Å²) < 4.78 is 6.33. The van der Waals surface area contributed by atoms with Crippen molar-refractivity contribution in [3.63, 3.8) is 0 Å². The van der Waals surface area contributed by atoms with Crippen LogP contribution in [0.25, 0.3) is 0 Å². The van der Waals surface area contributed by atoms with Crippen LogP contribution in [-0.4, -0.2) is 18.2 Å². The van der Waals surface area contributed by atoms with Crippen LogP contribution in [0.2, 0.25) is 0 Å². The van der Waals surface area contributed by atoms with Crippen LogP contribution in [0, 0.1) is 11.8 Å². The van der Waals surface area contributed by atoms with Crippen LogP contribution >= 0.6 is 0 Å². The molecule has 2 nitrogen and oxygen atoms in total. The molecule has 2 saturated carbocycles. The third kappa shape index (κ3) is 3.57. The van der Waals surface area contributed by atoms with E-state index in [-0.39, 0.29) is 11.6 Å². The van der Waals surface area contributed by atoms with Gasteiger partial charge >= 0.3 is 0 Å². The van der Waals surface area contributed by atoms with E-state index < -0.39 is 0 Å². The second-order valence-electron chi connectivity index (χ2n) is 7.05. The van der Waals surface area contributed by atoms with Gasteiger partial charge in [-0.25, -0.2) is 0 Å². The molecule has 0 radical (unpaired) electrons. The Morgan fingerprint density at radius 2 is 1.65 bits per heavy atom. The normalized spacial score (nSPS) is 32.5. The Morgan fingerprint density at radius 3 is 2.25 bits per heavy atom. The minimum atomic E-state index is -0.0132. The fourth-order valence-corrected chi connectivity index (χ4v) is 4.79. The Balaban J connectivity index is 2.13. The molecule has 0 aromatic rings. The zero-order valence-electron chi connectivity index (χ0n) is 13.7. The first-order valence-electron chi connectivity index (χ1n) is 9.13. The first-order valence-corrected chi connectivity index (χ1v) is 9.13. The van der Waals surface area contributed by atoms with Gasteiger partial charge in [0.15, 0.2) is 0 Å². The summed E-state index contributed by atoms with van der Waals surface area (Å²) in [6.45, 7) is 5.30. The SMILES string of the molecule is CCOC1(C(N)C2CCCCC2CC)CCCCCC1. The molecule has 2 fully saturated rings. The fourth-order valence-electron chi connectivity index (χ4n) is 4.79. The van der Waals surface area contributed by atoms with Crippen molar-refractivity contribution in [2.75, 3.05) is 6.61 Å². The number of hydrogen-bond acceptors (Lipinski definition) is 2. The van der Waals surface area contributed by atoms with Crippen molar-refractivity contribution >= 4 is 0 Å². The van der Waals surface area contributed by atoms with E-state index in [0.717, 1.165) is 12.5 Å². The standard InChI is InChI=1S/C18H35NO/c1-3-15-11-7-8-12-16(15)17(19)18(20-4-2)13-9-5-6-10-14-18/h15-17H,3-14,19H2,1-2H3. The molecule has 0 heterocycles. The van der Waals surface area contributed by atoms with Gasteiger partial charge in [-0.3, -0.25) is 0 Å². The van der Waals surface area contributed by atoms with Crippen LogP contribution in [0.3, 0.4) is 0 Å². The molecule has 2 heteroatoms. The van der Waals surface area contributed by atoms with Gasteiger partial charge in [0.25, 0.3) is 0 Å². The lowest BCUT2D eigenvalue weighted by molar-refractivity contribution is -0.0899. The highest BCUT2D eigenvalue weighted by Crippen LogP contribution is 2.42. The highest BCUT2D eigenvalue weighted by molar-refractivity contribution is 4.98. The van der Waals surface area contributed by atoms with E-state index in [1.807, 2.05) is 0 Å². The Labute approximate surface area is 125 Å². The topological polar surface area (TPSA) is 35.2 Å². The van der Waals surface area contributed by atoms with Crippen molar-refractivity contribution in [1.29, 1.82) is 0 Å². The smallest absolute Gasteiger partial charge is 0.0835 e. The summed E-state index contributed by atoms with van der Waals surface area (Å²) in [5.41, 5.74) is 6.84. The highest BCUT2D eigenvalue weighted by atomic mass is 16.5. The second-order valence-corrected chi connectivity index (χ2v) is 7.05. The molecule has 2 rings (SSSR count). The van der Waals surface area contributed by atoms with Gasteiger partial charge in [-0.2, -0.15) is 0 Å². The Morgan fingerprint density at radius 1 is 1.00 bits per heavy atom. The predicted octanol–water partition coefficient (Wildman–Crippen LogP) is 4.66. The number of rotatable bonds is 5. The summed E-state index contributed by atoms with van der Waals surface area (Å²) in [6, 6.07) is 0.255. The minimum absolute atomic E-state index is 0.0132. The van der Waals surface area contributed by atoms with Crippen molar-refractivity contribution in [3.05, 3.63) is 0 Å². The molecule has 0 aromatic heterocycles. The highest BCUT2D eigenvalue weighted by Gasteiger charge is 2.44. The maximum Gasteiger partial charge on any atom is 0.0835 e. The molecule has 2 aliphatic carbocycles. The molecule has 0 aromatic carbocycles. The van der Waals surface area contributed by atoms with Crippen LogP contribution in [0.4, 0.5) is 0 Å². The third-order valence-electron chi connectivity index (χ3n) is 5.94. The molecule has 20 heavy (non-hydrogen) atoms. The lowest BCUT2D eigenvalue weighted by atomic mass is 9.68. The molecule has 3 atom stereocenters. The summed E-state index contributed by atoms with van der Waals surface area (Å²) in [7, 11) is 0. The van der Waals surface area contributed by atoms with E-state index >= 15 is 0 Å². The van der Waals surface area contributed by atoms with Gasteiger partial charge in [-0.15, -0.1) is 0 Å². The van der Waals surface area contributed by atoms with Gasteiger partial charge in [0.05, 0.1) is 5.60 Å². The lowest BCUT2D eigenvalue weighted by Crippen LogP contribution is -2.56. The van der Waals surface area contributed by atoms with Gasteiger partial charge in [0.1, 0.15) is 0 Å². The molecular weight excluding hydrogens is 246 g/mol. The average molecular weight is 281 g/mol. The van der Waals surface area contributed by atoms with Crippen LogP contribution in [0.5, 0.6) is 0 Å². The van der Waals surface area contributed by atoms with Gasteiger partial charge < -0.3 is 10.5 Å². The predicted molar refractivity (Wildman–Crippen MR) is 85.8 cm³/mol. The molecule has 0 saturated heterocycles. The first-order chi connectivity index (χ1) is 9.73. The molecule has 0 spiro atoms. The van der Waals surface area contributed by atoms with Crippen LogP contribution in [0.1, 0.15) is 84.5 Å². The quantitative estimate of drug-likeness (QED) is 0.744. The monoisotopic (exact) mass is 281 g/mol. The molecular formula is C18H35NO. The van der Waals surface area contributed by atoms with Gasteiger partial charge in [0.2, 0.25) is 0 Å². The maximum atomic E-state index is 6.85. The molecule has 2 aliphatic rings. The summed E-state index contributed by atoms with van der Waals surface area (Å²) in [4.78, 5) is 0. The average Bonchev–Trinajstić information content (AvgIpc) is 2.73. The van der Waals surface area contributed by atoms with E-state index in [1.54, 1.807) is 0 Å². The number of ether oxygens (including phenoxy) is 1. The van der Waals surface area contributed by atoms with Crippen molar-refractivity contribution in [2.24, 2.45) is 17.6 Å². The van der Waals surface area contributed by atoms with E-state index in [1.165, 1.54) is 70.6 Å². The van der Waals surface area contributed by atoms with Gasteiger partial charge in [0, 0.05) is 12.6 Å². The fraction of sp³-hybridized carbons (Fsp3) is 1.00. The van der Waals surface area contributed by atoms with Crippen LogP contribution in [0.15, 0.2) is 0 Å². The van der Waals surface area contributed by atoms with E-state index in [0.29, 0.717) is 5.92 Å². The van der Waals surface area contributed by atoms with E-state index in [2.05, 4.69) is 13.8 Å².